The molecule has 4 rings (SSSR count). The maximum atomic E-state index is 12.7. The quantitative estimate of drug-likeness (QED) is 0.676. The molecule has 1 amide bonds. The zero-order valence-corrected chi connectivity index (χ0v) is 16.3. The van der Waals surface area contributed by atoms with Gasteiger partial charge in [-0.15, -0.1) is 0 Å². The Morgan fingerprint density at radius 1 is 1.17 bits per heavy atom. The summed E-state index contributed by atoms with van der Waals surface area (Å²) in [6, 6.07) is 12.3. The van der Waals surface area contributed by atoms with Crippen molar-refractivity contribution in [2.24, 2.45) is 5.92 Å². The van der Waals surface area contributed by atoms with Gasteiger partial charge in [-0.3, -0.25) is 9.59 Å². The fraction of sp³-hybridized carbons (Fsp3) is 0.273. The molecule has 0 spiro atoms. The molecule has 2 aromatic carbocycles. The van der Waals surface area contributed by atoms with E-state index in [0.29, 0.717) is 34.3 Å². The van der Waals surface area contributed by atoms with Crippen molar-refractivity contribution < 1.29 is 14.3 Å². The molecule has 0 atom stereocenters. The van der Waals surface area contributed by atoms with Crippen molar-refractivity contribution in [3.8, 4) is 0 Å². The first-order valence-electron chi connectivity index (χ1n) is 9.51. The Labute approximate surface area is 167 Å². The van der Waals surface area contributed by atoms with Crippen molar-refractivity contribution >= 4 is 28.3 Å². The summed E-state index contributed by atoms with van der Waals surface area (Å²) < 4.78 is 6.43. The van der Waals surface area contributed by atoms with Gasteiger partial charge in [-0.1, -0.05) is 32.0 Å². The van der Waals surface area contributed by atoms with Crippen molar-refractivity contribution in [1.29, 1.82) is 0 Å². The summed E-state index contributed by atoms with van der Waals surface area (Å²) in [6.07, 6.45) is 0.0331. The lowest BCUT2D eigenvalue weighted by atomic mass is 10.1. The van der Waals surface area contributed by atoms with Gasteiger partial charge in [-0.05, 0) is 30.2 Å². The minimum absolute atomic E-state index is 0.0331. The Balaban J connectivity index is 1.62. The van der Waals surface area contributed by atoms with Crippen LogP contribution in [0.5, 0.6) is 0 Å². The first-order valence-corrected chi connectivity index (χ1v) is 9.51. The lowest BCUT2D eigenvalue weighted by Gasteiger charge is -2.13. The van der Waals surface area contributed by atoms with Crippen molar-refractivity contribution in [1.82, 2.24) is 9.78 Å². The van der Waals surface area contributed by atoms with Crippen molar-refractivity contribution in [2.45, 2.75) is 33.4 Å². The third-order valence-corrected chi connectivity index (χ3v) is 4.78. The Hall–Kier alpha value is -3.48. The number of carbonyl (C=O) groups excluding carboxylic acids is 2. The molecule has 1 aromatic heterocycles. The van der Waals surface area contributed by atoms with Gasteiger partial charge in [0.2, 0.25) is 5.91 Å². The third-order valence-electron chi connectivity index (χ3n) is 4.78. The van der Waals surface area contributed by atoms with E-state index in [1.165, 1.54) is 4.68 Å². The minimum Gasteiger partial charge on any atom is -0.457 e. The SMILES string of the molecule is CC(C)Cn1nc(CC(=O)Nc2ccc3c(c2)COC3=O)c2ccccc2c1=O. The molecule has 29 heavy (non-hydrogen) atoms. The molecule has 2 heterocycles. The average molecular weight is 391 g/mol. The second-order valence-electron chi connectivity index (χ2n) is 7.55. The molecule has 0 radical (unpaired) electrons. The molecule has 1 aliphatic rings. The largest absolute Gasteiger partial charge is 0.457 e. The van der Waals surface area contributed by atoms with Gasteiger partial charge in [0, 0.05) is 23.2 Å². The highest BCUT2D eigenvalue weighted by Crippen LogP contribution is 2.23. The Morgan fingerprint density at radius 2 is 1.93 bits per heavy atom. The van der Waals surface area contributed by atoms with E-state index in [2.05, 4.69) is 10.4 Å². The monoisotopic (exact) mass is 391 g/mol. The summed E-state index contributed by atoms with van der Waals surface area (Å²) >= 11 is 0. The molecular formula is C22H21N3O4. The smallest absolute Gasteiger partial charge is 0.338 e. The van der Waals surface area contributed by atoms with E-state index in [4.69, 9.17) is 4.74 Å². The molecule has 1 N–H and O–H groups in total. The van der Waals surface area contributed by atoms with Crippen LogP contribution >= 0.6 is 0 Å². The van der Waals surface area contributed by atoms with Crippen LogP contribution < -0.4 is 10.9 Å². The fourth-order valence-corrected chi connectivity index (χ4v) is 3.47. The van der Waals surface area contributed by atoms with E-state index < -0.39 is 0 Å². The van der Waals surface area contributed by atoms with Gasteiger partial charge in [-0.2, -0.15) is 5.10 Å². The molecule has 0 saturated heterocycles. The summed E-state index contributed by atoms with van der Waals surface area (Å²) in [5, 5.41) is 8.55. The van der Waals surface area contributed by atoms with Crippen molar-refractivity contribution in [3.63, 3.8) is 0 Å². The van der Waals surface area contributed by atoms with Crippen LogP contribution in [-0.4, -0.2) is 21.7 Å². The number of rotatable bonds is 5. The van der Waals surface area contributed by atoms with Gasteiger partial charge < -0.3 is 10.1 Å². The number of esters is 1. The molecule has 0 unspecified atom stereocenters. The van der Waals surface area contributed by atoms with Crippen molar-refractivity contribution in [3.05, 3.63) is 69.6 Å². The van der Waals surface area contributed by atoms with E-state index in [9.17, 15) is 14.4 Å². The number of fused-ring (bicyclic) bond motifs is 2. The number of benzene rings is 2. The van der Waals surface area contributed by atoms with Gasteiger partial charge in [-0.25, -0.2) is 9.48 Å². The van der Waals surface area contributed by atoms with Gasteiger partial charge in [0.15, 0.2) is 0 Å². The molecule has 0 bridgehead atoms. The number of ether oxygens (including phenoxy) is 1. The molecular weight excluding hydrogens is 370 g/mol. The van der Waals surface area contributed by atoms with Crippen LogP contribution in [0.25, 0.3) is 10.8 Å². The van der Waals surface area contributed by atoms with Gasteiger partial charge in [0.05, 0.1) is 23.1 Å². The molecule has 7 nitrogen and oxygen atoms in total. The summed E-state index contributed by atoms with van der Waals surface area (Å²) in [4.78, 5) is 36.9. The maximum absolute atomic E-state index is 12.7. The number of anilines is 1. The van der Waals surface area contributed by atoms with Crippen LogP contribution in [-0.2, 0) is 29.1 Å². The average Bonchev–Trinajstić information content (AvgIpc) is 3.05. The van der Waals surface area contributed by atoms with Gasteiger partial charge in [0.1, 0.15) is 6.61 Å². The number of carbonyl (C=O) groups is 2. The highest BCUT2D eigenvalue weighted by molar-refractivity contribution is 5.97. The molecule has 3 aromatic rings. The summed E-state index contributed by atoms with van der Waals surface area (Å²) in [6.45, 7) is 4.72. The predicted octanol–water partition coefficient (Wildman–Crippen LogP) is 2.90. The van der Waals surface area contributed by atoms with Gasteiger partial charge in [0.25, 0.3) is 5.56 Å². The number of nitrogens with one attached hydrogen (secondary N) is 1. The second-order valence-corrected chi connectivity index (χ2v) is 7.55. The Morgan fingerprint density at radius 3 is 2.69 bits per heavy atom. The minimum atomic E-state index is -0.346. The number of hydrogen-bond acceptors (Lipinski definition) is 5. The Bertz CT molecular complexity index is 1180. The number of aromatic nitrogens is 2. The third kappa shape index (κ3) is 3.76. The van der Waals surface area contributed by atoms with Crippen LogP contribution in [0.3, 0.4) is 0 Å². The highest BCUT2D eigenvalue weighted by Gasteiger charge is 2.21. The fourth-order valence-electron chi connectivity index (χ4n) is 3.47. The van der Waals surface area contributed by atoms with Crippen LogP contribution in [0.1, 0.15) is 35.5 Å². The van der Waals surface area contributed by atoms with E-state index in [1.807, 2.05) is 26.0 Å². The first-order chi connectivity index (χ1) is 13.9. The zero-order valence-electron chi connectivity index (χ0n) is 16.3. The van der Waals surface area contributed by atoms with Crippen LogP contribution in [0.2, 0.25) is 0 Å². The van der Waals surface area contributed by atoms with Crippen LogP contribution in [0, 0.1) is 5.92 Å². The number of hydrogen-bond donors (Lipinski definition) is 1. The number of nitrogens with zero attached hydrogens (tertiary/aromatic N) is 2. The lowest BCUT2D eigenvalue weighted by Crippen LogP contribution is -2.28. The number of amides is 1. The van der Waals surface area contributed by atoms with E-state index in [-0.39, 0.29) is 36.4 Å². The molecule has 1 aliphatic heterocycles. The topological polar surface area (TPSA) is 90.3 Å². The first kappa shape index (κ1) is 18.9. The van der Waals surface area contributed by atoms with Crippen LogP contribution in [0.15, 0.2) is 47.3 Å². The zero-order chi connectivity index (χ0) is 20.5. The standard InChI is InChI=1S/C22H21N3O4/c1-13(2)11-25-21(27)18-6-4-3-5-17(18)19(24-25)10-20(26)23-15-7-8-16-14(9-15)12-29-22(16)28/h3-9,13H,10-12H2,1-2H3,(H,23,26). The molecule has 0 aliphatic carbocycles. The molecule has 148 valence electrons. The van der Waals surface area contributed by atoms with E-state index >= 15 is 0 Å². The highest BCUT2D eigenvalue weighted by atomic mass is 16.5. The van der Waals surface area contributed by atoms with Crippen molar-refractivity contribution in [2.75, 3.05) is 5.32 Å². The second kappa shape index (κ2) is 7.50. The van der Waals surface area contributed by atoms with E-state index in [0.717, 1.165) is 5.56 Å². The Kier molecular flexibility index (Phi) is 4.88. The van der Waals surface area contributed by atoms with E-state index in [1.54, 1.807) is 30.3 Å². The predicted molar refractivity (Wildman–Crippen MR) is 109 cm³/mol. The summed E-state index contributed by atoms with van der Waals surface area (Å²) in [5.74, 6) is -0.345. The molecule has 7 heteroatoms. The summed E-state index contributed by atoms with van der Waals surface area (Å²) in [5.41, 5.74) is 2.27. The maximum Gasteiger partial charge on any atom is 0.338 e. The molecule has 0 saturated carbocycles. The van der Waals surface area contributed by atoms with Crippen LogP contribution in [0.4, 0.5) is 5.69 Å². The normalized spacial score (nSPS) is 12.9. The number of cyclic esters (lactones) is 1. The molecule has 0 fully saturated rings. The summed E-state index contributed by atoms with van der Waals surface area (Å²) in [7, 11) is 0. The lowest BCUT2D eigenvalue weighted by molar-refractivity contribution is -0.115. The van der Waals surface area contributed by atoms with Gasteiger partial charge >= 0.3 is 5.97 Å².